The van der Waals surface area contributed by atoms with Crippen molar-refractivity contribution >= 4 is 27.7 Å². The monoisotopic (exact) mass is 250 g/mol. The third kappa shape index (κ3) is 1.74. The second-order valence-electron chi connectivity index (χ2n) is 4.81. The summed E-state index contributed by atoms with van der Waals surface area (Å²) in [5.41, 5.74) is 9.80. The van der Waals surface area contributed by atoms with Gasteiger partial charge in [-0.1, -0.05) is 18.2 Å². The number of nitrogens with zero attached hydrogens (tertiary/aromatic N) is 1. The van der Waals surface area contributed by atoms with Crippen LogP contribution in [0.4, 0.5) is 0 Å². The molecular weight excluding hydrogens is 236 g/mol. The molecule has 3 heteroatoms. The topological polar surface area (TPSA) is 56.0 Å². The van der Waals surface area contributed by atoms with E-state index in [-0.39, 0.29) is 0 Å². The Morgan fingerprint density at radius 2 is 1.84 bits per heavy atom. The molecule has 3 aromatic rings. The molecule has 0 aliphatic rings. The van der Waals surface area contributed by atoms with E-state index in [4.69, 9.17) is 5.73 Å². The summed E-state index contributed by atoms with van der Waals surface area (Å²) in [6, 6.07) is 11.9. The first-order chi connectivity index (χ1) is 9.08. The standard InChI is InChI=1S/C16H14N2O/c1-9-7-14-12(15(10(9)2)16(17)19)8-11-5-3-4-6-13(11)18-14/h3-8H,1-2H3,(H2,17,19). The summed E-state index contributed by atoms with van der Waals surface area (Å²) in [5, 5.41) is 1.84. The van der Waals surface area contributed by atoms with Gasteiger partial charge in [0.15, 0.2) is 0 Å². The molecule has 0 saturated heterocycles. The number of primary amides is 1. The van der Waals surface area contributed by atoms with Crippen LogP contribution in [0, 0.1) is 13.8 Å². The average Bonchev–Trinajstić information content (AvgIpc) is 2.37. The third-order valence-corrected chi connectivity index (χ3v) is 3.59. The number of carbonyl (C=O) groups excluding carboxylic acids is 1. The predicted molar refractivity (Wildman–Crippen MR) is 77.2 cm³/mol. The van der Waals surface area contributed by atoms with Gasteiger partial charge in [0.1, 0.15) is 0 Å². The van der Waals surface area contributed by atoms with Crippen LogP contribution in [0.15, 0.2) is 36.4 Å². The van der Waals surface area contributed by atoms with Crippen molar-refractivity contribution < 1.29 is 4.79 Å². The van der Waals surface area contributed by atoms with Crippen LogP contribution in [0.3, 0.4) is 0 Å². The van der Waals surface area contributed by atoms with Gasteiger partial charge in [0.05, 0.1) is 16.6 Å². The molecule has 3 nitrogen and oxygen atoms in total. The number of hydrogen-bond acceptors (Lipinski definition) is 2. The molecule has 0 aliphatic heterocycles. The van der Waals surface area contributed by atoms with Gasteiger partial charge in [-0.2, -0.15) is 0 Å². The van der Waals surface area contributed by atoms with Gasteiger partial charge >= 0.3 is 0 Å². The van der Waals surface area contributed by atoms with E-state index in [0.29, 0.717) is 5.56 Å². The van der Waals surface area contributed by atoms with Crippen LogP contribution in [-0.2, 0) is 0 Å². The van der Waals surface area contributed by atoms with Crippen molar-refractivity contribution in [3.05, 3.63) is 53.1 Å². The van der Waals surface area contributed by atoms with Gasteiger partial charge in [0, 0.05) is 10.8 Å². The Morgan fingerprint density at radius 1 is 1.11 bits per heavy atom. The third-order valence-electron chi connectivity index (χ3n) is 3.59. The molecule has 0 bridgehead atoms. The van der Waals surface area contributed by atoms with Crippen molar-refractivity contribution in [2.24, 2.45) is 5.73 Å². The van der Waals surface area contributed by atoms with E-state index in [1.165, 1.54) is 0 Å². The normalized spacial score (nSPS) is 11.1. The van der Waals surface area contributed by atoms with E-state index in [1.54, 1.807) is 0 Å². The van der Waals surface area contributed by atoms with Crippen LogP contribution in [0.1, 0.15) is 21.5 Å². The number of hydrogen-bond donors (Lipinski definition) is 1. The summed E-state index contributed by atoms with van der Waals surface area (Å²) < 4.78 is 0. The molecule has 0 spiro atoms. The lowest BCUT2D eigenvalue weighted by atomic mass is 9.96. The Bertz CT molecular complexity index is 822. The van der Waals surface area contributed by atoms with Crippen LogP contribution in [-0.4, -0.2) is 10.9 Å². The number of carbonyl (C=O) groups is 1. The van der Waals surface area contributed by atoms with Gasteiger partial charge in [0.25, 0.3) is 0 Å². The second-order valence-corrected chi connectivity index (χ2v) is 4.81. The minimum Gasteiger partial charge on any atom is -0.366 e. The molecule has 1 heterocycles. The van der Waals surface area contributed by atoms with Crippen LogP contribution < -0.4 is 5.73 Å². The van der Waals surface area contributed by atoms with Gasteiger partial charge in [0.2, 0.25) is 5.91 Å². The highest BCUT2D eigenvalue weighted by Gasteiger charge is 2.14. The molecule has 0 unspecified atom stereocenters. The fourth-order valence-electron chi connectivity index (χ4n) is 2.47. The summed E-state index contributed by atoms with van der Waals surface area (Å²) in [6.07, 6.45) is 0. The van der Waals surface area contributed by atoms with E-state index < -0.39 is 5.91 Å². The number of nitrogens with two attached hydrogens (primary N) is 1. The van der Waals surface area contributed by atoms with Crippen LogP contribution >= 0.6 is 0 Å². The smallest absolute Gasteiger partial charge is 0.249 e. The number of rotatable bonds is 1. The number of amides is 1. The average molecular weight is 250 g/mol. The van der Waals surface area contributed by atoms with E-state index in [2.05, 4.69) is 4.98 Å². The highest BCUT2D eigenvalue weighted by atomic mass is 16.1. The molecule has 2 aromatic carbocycles. The van der Waals surface area contributed by atoms with E-state index in [0.717, 1.165) is 32.9 Å². The number of benzene rings is 2. The molecule has 0 saturated carbocycles. The van der Waals surface area contributed by atoms with Crippen molar-refractivity contribution in [3.63, 3.8) is 0 Å². The Morgan fingerprint density at radius 3 is 2.58 bits per heavy atom. The predicted octanol–water partition coefficient (Wildman–Crippen LogP) is 3.10. The molecule has 94 valence electrons. The highest BCUT2D eigenvalue weighted by molar-refractivity contribution is 6.09. The largest absolute Gasteiger partial charge is 0.366 e. The van der Waals surface area contributed by atoms with E-state index >= 15 is 0 Å². The number of pyridine rings is 1. The lowest BCUT2D eigenvalue weighted by Crippen LogP contribution is -2.14. The highest BCUT2D eigenvalue weighted by Crippen LogP contribution is 2.27. The van der Waals surface area contributed by atoms with Gasteiger partial charge in [-0.15, -0.1) is 0 Å². The Labute approximate surface area is 111 Å². The van der Waals surface area contributed by atoms with Crippen molar-refractivity contribution in [2.75, 3.05) is 0 Å². The quantitative estimate of drug-likeness (QED) is 0.675. The lowest BCUT2D eigenvalue weighted by Gasteiger charge is -2.11. The first-order valence-corrected chi connectivity index (χ1v) is 6.17. The van der Waals surface area contributed by atoms with Crippen LogP contribution in [0.25, 0.3) is 21.8 Å². The molecule has 1 aromatic heterocycles. The Kier molecular flexibility index (Phi) is 2.49. The zero-order chi connectivity index (χ0) is 13.6. The molecule has 0 atom stereocenters. The summed E-state index contributed by atoms with van der Waals surface area (Å²) in [4.78, 5) is 16.3. The summed E-state index contributed by atoms with van der Waals surface area (Å²) in [5.74, 6) is -0.400. The molecule has 1 amide bonds. The molecule has 19 heavy (non-hydrogen) atoms. The van der Waals surface area contributed by atoms with Crippen molar-refractivity contribution in [1.29, 1.82) is 0 Å². The van der Waals surface area contributed by atoms with Crippen LogP contribution in [0.5, 0.6) is 0 Å². The van der Waals surface area contributed by atoms with Gasteiger partial charge in [-0.25, -0.2) is 4.98 Å². The van der Waals surface area contributed by atoms with Gasteiger partial charge in [-0.05, 0) is 43.2 Å². The first-order valence-electron chi connectivity index (χ1n) is 6.17. The van der Waals surface area contributed by atoms with Crippen LogP contribution in [0.2, 0.25) is 0 Å². The maximum Gasteiger partial charge on any atom is 0.249 e. The van der Waals surface area contributed by atoms with Gasteiger partial charge < -0.3 is 5.73 Å². The molecule has 0 fully saturated rings. The summed E-state index contributed by atoms with van der Waals surface area (Å²) in [6.45, 7) is 3.89. The fraction of sp³-hybridized carbons (Fsp3) is 0.125. The molecule has 0 aliphatic carbocycles. The number of aryl methyl sites for hydroxylation is 1. The Hall–Kier alpha value is -2.42. The first kappa shape index (κ1) is 11.7. The molecular formula is C16H14N2O. The second kappa shape index (κ2) is 4.05. The zero-order valence-corrected chi connectivity index (χ0v) is 10.9. The lowest BCUT2D eigenvalue weighted by molar-refractivity contribution is 0.100. The summed E-state index contributed by atoms with van der Waals surface area (Å²) >= 11 is 0. The zero-order valence-electron chi connectivity index (χ0n) is 10.9. The minimum atomic E-state index is -0.400. The fourth-order valence-corrected chi connectivity index (χ4v) is 2.47. The number of aromatic nitrogens is 1. The van der Waals surface area contributed by atoms with E-state index in [1.807, 2.05) is 50.2 Å². The van der Waals surface area contributed by atoms with Crippen molar-refractivity contribution in [3.8, 4) is 0 Å². The molecule has 2 N–H and O–H groups in total. The maximum atomic E-state index is 11.7. The SMILES string of the molecule is Cc1cc2nc3ccccc3cc2c(C(N)=O)c1C. The summed E-state index contributed by atoms with van der Waals surface area (Å²) in [7, 11) is 0. The molecule has 0 radical (unpaired) electrons. The number of para-hydroxylation sites is 1. The van der Waals surface area contributed by atoms with E-state index in [9.17, 15) is 4.79 Å². The Balaban J connectivity index is 2.53. The number of fused-ring (bicyclic) bond motifs is 2. The molecule has 3 rings (SSSR count). The maximum absolute atomic E-state index is 11.7. The van der Waals surface area contributed by atoms with Gasteiger partial charge in [-0.3, -0.25) is 4.79 Å². The van der Waals surface area contributed by atoms with Crippen molar-refractivity contribution in [2.45, 2.75) is 13.8 Å². The minimum absolute atomic E-state index is 0.400. The van der Waals surface area contributed by atoms with Crippen molar-refractivity contribution in [1.82, 2.24) is 4.98 Å².